The number of rotatable bonds is 4. The summed E-state index contributed by atoms with van der Waals surface area (Å²) in [6.45, 7) is 1.30. The highest BCUT2D eigenvalue weighted by Gasteiger charge is 2.30. The number of aromatic amines is 1. The molecule has 2 aromatic carbocycles. The average molecular weight is 455 g/mol. The van der Waals surface area contributed by atoms with Gasteiger partial charge in [0.05, 0.1) is 21.6 Å². The number of likely N-dealkylation sites (tertiary alicyclic amines) is 1. The first kappa shape index (κ1) is 19.9. The molecule has 0 aliphatic carbocycles. The van der Waals surface area contributed by atoms with Crippen molar-refractivity contribution in [1.29, 1.82) is 0 Å². The SMILES string of the molecule is O=C(c1nc(-c2cccs2)n(-c2ccccc2)n1)N1CCCC(c2nc3ccccc3[nH]2)C1. The van der Waals surface area contributed by atoms with Crippen molar-refractivity contribution in [3.8, 4) is 16.4 Å². The van der Waals surface area contributed by atoms with E-state index in [9.17, 15) is 4.79 Å². The highest BCUT2D eigenvalue weighted by Crippen LogP contribution is 2.29. The van der Waals surface area contributed by atoms with Gasteiger partial charge in [0.15, 0.2) is 5.82 Å². The van der Waals surface area contributed by atoms with Crippen molar-refractivity contribution < 1.29 is 4.79 Å². The molecule has 1 atom stereocenters. The third kappa shape index (κ3) is 3.72. The molecule has 0 bridgehead atoms. The lowest BCUT2D eigenvalue weighted by Crippen LogP contribution is -2.40. The second kappa shape index (κ2) is 8.29. The molecule has 0 spiro atoms. The molecule has 1 saturated heterocycles. The molecule has 8 heteroatoms. The molecule has 0 radical (unpaired) electrons. The second-order valence-electron chi connectivity index (χ2n) is 8.21. The average Bonchev–Trinajstić information content (AvgIpc) is 3.63. The summed E-state index contributed by atoms with van der Waals surface area (Å²) in [5.41, 5.74) is 2.87. The van der Waals surface area contributed by atoms with E-state index in [-0.39, 0.29) is 17.6 Å². The number of carbonyl (C=O) groups is 1. The molecule has 164 valence electrons. The number of amides is 1. The van der Waals surface area contributed by atoms with E-state index >= 15 is 0 Å². The van der Waals surface area contributed by atoms with E-state index < -0.39 is 0 Å². The van der Waals surface area contributed by atoms with Crippen LogP contribution in [0.2, 0.25) is 0 Å². The Balaban J connectivity index is 1.30. The number of nitrogens with zero attached hydrogens (tertiary/aromatic N) is 5. The van der Waals surface area contributed by atoms with E-state index in [0.717, 1.165) is 40.3 Å². The van der Waals surface area contributed by atoms with Gasteiger partial charge in [0, 0.05) is 19.0 Å². The fourth-order valence-electron chi connectivity index (χ4n) is 4.41. The molecule has 4 heterocycles. The zero-order valence-electron chi connectivity index (χ0n) is 17.9. The van der Waals surface area contributed by atoms with Crippen LogP contribution in [0.3, 0.4) is 0 Å². The molecular formula is C25H22N6OS. The minimum absolute atomic E-state index is 0.136. The third-order valence-electron chi connectivity index (χ3n) is 6.04. The molecule has 33 heavy (non-hydrogen) atoms. The zero-order valence-corrected chi connectivity index (χ0v) is 18.7. The smallest absolute Gasteiger partial charge is 0.293 e. The van der Waals surface area contributed by atoms with Gasteiger partial charge in [0.25, 0.3) is 5.91 Å². The molecule has 1 aliphatic heterocycles. The summed E-state index contributed by atoms with van der Waals surface area (Å²) < 4.78 is 1.76. The van der Waals surface area contributed by atoms with Gasteiger partial charge in [0.1, 0.15) is 5.82 Å². The van der Waals surface area contributed by atoms with Gasteiger partial charge in [-0.2, -0.15) is 0 Å². The molecule has 5 aromatic rings. The summed E-state index contributed by atoms with van der Waals surface area (Å²) in [5, 5.41) is 6.65. The lowest BCUT2D eigenvalue weighted by atomic mass is 9.97. The maximum absolute atomic E-state index is 13.5. The Bertz CT molecular complexity index is 1370. The van der Waals surface area contributed by atoms with Crippen LogP contribution < -0.4 is 0 Å². The third-order valence-corrected chi connectivity index (χ3v) is 6.91. The minimum Gasteiger partial charge on any atom is -0.342 e. The van der Waals surface area contributed by atoms with Crippen LogP contribution in [-0.2, 0) is 0 Å². The highest BCUT2D eigenvalue weighted by molar-refractivity contribution is 7.13. The summed E-state index contributed by atoms with van der Waals surface area (Å²) in [7, 11) is 0. The Morgan fingerprint density at radius 2 is 1.85 bits per heavy atom. The van der Waals surface area contributed by atoms with Crippen molar-refractivity contribution in [3.63, 3.8) is 0 Å². The number of hydrogen-bond acceptors (Lipinski definition) is 5. The molecule has 1 fully saturated rings. The number of imidazole rings is 1. The summed E-state index contributed by atoms with van der Waals surface area (Å²) in [5.74, 6) is 1.89. The van der Waals surface area contributed by atoms with Gasteiger partial charge in [-0.3, -0.25) is 4.79 Å². The van der Waals surface area contributed by atoms with Crippen molar-refractivity contribution in [2.75, 3.05) is 13.1 Å². The topological polar surface area (TPSA) is 79.7 Å². The van der Waals surface area contributed by atoms with Crippen LogP contribution in [0.15, 0.2) is 72.1 Å². The lowest BCUT2D eigenvalue weighted by Gasteiger charge is -2.31. The first-order valence-corrected chi connectivity index (χ1v) is 11.9. The fraction of sp³-hybridized carbons (Fsp3) is 0.200. The molecule has 3 aromatic heterocycles. The van der Waals surface area contributed by atoms with Crippen molar-refractivity contribution in [1.82, 2.24) is 29.6 Å². The number of hydrogen-bond donors (Lipinski definition) is 1. The summed E-state index contributed by atoms with van der Waals surface area (Å²) in [6.07, 6.45) is 1.92. The van der Waals surface area contributed by atoms with E-state index in [0.29, 0.717) is 18.9 Å². The number of fused-ring (bicyclic) bond motifs is 1. The van der Waals surface area contributed by atoms with Gasteiger partial charge in [-0.05, 0) is 48.6 Å². The Hall–Kier alpha value is -3.78. The quantitative estimate of drug-likeness (QED) is 0.419. The normalized spacial score (nSPS) is 16.4. The molecule has 1 N–H and O–H groups in total. The first-order chi connectivity index (χ1) is 16.3. The summed E-state index contributed by atoms with van der Waals surface area (Å²) in [6, 6.07) is 21.8. The van der Waals surface area contributed by atoms with Crippen molar-refractivity contribution >= 4 is 28.3 Å². The van der Waals surface area contributed by atoms with Crippen LogP contribution in [0.4, 0.5) is 0 Å². The van der Waals surface area contributed by atoms with Gasteiger partial charge >= 0.3 is 0 Å². The monoisotopic (exact) mass is 454 g/mol. The molecule has 1 amide bonds. The molecule has 0 saturated carbocycles. The van der Waals surface area contributed by atoms with Crippen LogP contribution in [-0.4, -0.2) is 48.6 Å². The van der Waals surface area contributed by atoms with Crippen LogP contribution >= 0.6 is 11.3 Å². The van der Waals surface area contributed by atoms with E-state index in [1.165, 1.54) is 0 Å². The van der Waals surface area contributed by atoms with E-state index in [4.69, 9.17) is 4.98 Å². The number of benzene rings is 2. The lowest BCUT2D eigenvalue weighted by molar-refractivity contribution is 0.0692. The predicted molar refractivity (Wildman–Crippen MR) is 129 cm³/mol. The second-order valence-corrected chi connectivity index (χ2v) is 9.16. The van der Waals surface area contributed by atoms with Crippen LogP contribution in [0.25, 0.3) is 27.4 Å². The zero-order chi connectivity index (χ0) is 22.2. The van der Waals surface area contributed by atoms with Crippen LogP contribution in [0, 0.1) is 0 Å². The van der Waals surface area contributed by atoms with Crippen molar-refractivity contribution in [2.24, 2.45) is 0 Å². The van der Waals surface area contributed by atoms with Crippen molar-refractivity contribution in [2.45, 2.75) is 18.8 Å². The Morgan fingerprint density at radius 3 is 2.67 bits per heavy atom. The standard InChI is InChI=1S/C25H22N6OS/c32-25(30-14-6-8-17(16-30)22-26-19-11-4-5-12-20(19)27-22)23-28-24(21-13-7-15-33-21)31(29-23)18-9-2-1-3-10-18/h1-5,7,9-13,15,17H,6,8,14,16H2,(H,26,27). The Kier molecular flexibility index (Phi) is 4.99. The summed E-state index contributed by atoms with van der Waals surface area (Å²) in [4.78, 5) is 29.2. The molecule has 7 nitrogen and oxygen atoms in total. The molecular weight excluding hydrogens is 432 g/mol. The van der Waals surface area contributed by atoms with Crippen LogP contribution in [0.1, 0.15) is 35.2 Å². The number of thiophene rings is 1. The number of aromatic nitrogens is 5. The number of H-pyrrole nitrogens is 1. The maximum atomic E-state index is 13.5. The van der Waals surface area contributed by atoms with Crippen LogP contribution in [0.5, 0.6) is 0 Å². The van der Waals surface area contributed by atoms with Gasteiger partial charge in [-0.1, -0.05) is 36.4 Å². The van der Waals surface area contributed by atoms with Gasteiger partial charge in [-0.15, -0.1) is 16.4 Å². The highest BCUT2D eigenvalue weighted by atomic mass is 32.1. The largest absolute Gasteiger partial charge is 0.342 e. The predicted octanol–water partition coefficient (Wildman–Crippen LogP) is 4.89. The maximum Gasteiger partial charge on any atom is 0.293 e. The first-order valence-electron chi connectivity index (χ1n) is 11.1. The molecule has 1 unspecified atom stereocenters. The molecule has 1 aliphatic rings. The van der Waals surface area contributed by atoms with Crippen molar-refractivity contribution in [3.05, 3.63) is 83.8 Å². The minimum atomic E-state index is -0.136. The van der Waals surface area contributed by atoms with Gasteiger partial charge in [0.2, 0.25) is 5.82 Å². The number of nitrogens with one attached hydrogen (secondary N) is 1. The summed E-state index contributed by atoms with van der Waals surface area (Å²) >= 11 is 1.58. The Labute approximate surface area is 194 Å². The van der Waals surface area contributed by atoms with E-state index in [1.807, 2.05) is 77.0 Å². The van der Waals surface area contributed by atoms with Gasteiger partial charge in [-0.25, -0.2) is 14.6 Å². The number of para-hydroxylation sites is 3. The van der Waals surface area contributed by atoms with E-state index in [2.05, 4.69) is 15.1 Å². The Morgan fingerprint density at radius 1 is 1.00 bits per heavy atom. The molecule has 6 rings (SSSR count). The fourth-order valence-corrected chi connectivity index (χ4v) is 5.11. The number of carbonyl (C=O) groups excluding carboxylic acids is 1. The van der Waals surface area contributed by atoms with Gasteiger partial charge < -0.3 is 9.88 Å². The number of piperidine rings is 1. The van der Waals surface area contributed by atoms with E-state index in [1.54, 1.807) is 16.0 Å².